The fourth-order valence-corrected chi connectivity index (χ4v) is 3.09. The zero-order valence-electron chi connectivity index (χ0n) is 13.5. The highest BCUT2D eigenvalue weighted by atomic mass is 16.5. The molecule has 1 aliphatic rings. The Labute approximate surface area is 118 Å². The summed E-state index contributed by atoms with van der Waals surface area (Å²) in [4.78, 5) is 14.1. The summed E-state index contributed by atoms with van der Waals surface area (Å²) in [6, 6.07) is 0.270. The number of carbonyl (C=O) groups is 1. The van der Waals surface area contributed by atoms with Crippen LogP contribution in [0.4, 0.5) is 0 Å². The van der Waals surface area contributed by atoms with Gasteiger partial charge in [-0.1, -0.05) is 27.7 Å². The van der Waals surface area contributed by atoms with Gasteiger partial charge in [0.25, 0.3) is 0 Å². The normalized spacial score (nSPS) is 25.5. The van der Waals surface area contributed by atoms with E-state index in [9.17, 15) is 4.79 Å². The molecule has 0 bridgehead atoms. The van der Waals surface area contributed by atoms with Crippen LogP contribution in [-0.4, -0.2) is 37.1 Å². The number of nitrogens with zero attached hydrogens (tertiary/aromatic N) is 1. The first kappa shape index (κ1) is 16.5. The number of esters is 1. The van der Waals surface area contributed by atoms with Gasteiger partial charge in [-0.3, -0.25) is 9.69 Å². The van der Waals surface area contributed by atoms with Gasteiger partial charge in [0.15, 0.2) is 0 Å². The Balaban J connectivity index is 2.59. The number of rotatable bonds is 3. The Morgan fingerprint density at radius 2 is 1.84 bits per heavy atom. The van der Waals surface area contributed by atoms with Crippen molar-refractivity contribution >= 4 is 5.97 Å². The van der Waals surface area contributed by atoms with E-state index >= 15 is 0 Å². The van der Waals surface area contributed by atoms with Crippen LogP contribution in [-0.2, 0) is 9.53 Å². The lowest BCUT2D eigenvalue weighted by Gasteiger charge is -2.32. The Morgan fingerprint density at radius 1 is 1.21 bits per heavy atom. The minimum Gasteiger partial charge on any atom is -0.469 e. The highest BCUT2D eigenvalue weighted by Crippen LogP contribution is 2.34. The average molecular weight is 269 g/mol. The van der Waals surface area contributed by atoms with E-state index in [0.29, 0.717) is 5.41 Å². The molecular formula is C16H31NO2. The van der Waals surface area contributed by atoms with Gasteiger partial charge < -0.3 is 4.74 Å². The number of methoxy groups -OCH3 is 1. The largest absolute Gasteiger partial charge is 0.469 e. The zero-order valence-corrected chi connectivity index (χ0v) is 13.5. The molecule has 0 aromatic rings. The van der Waals surface area contributed by atoms with Crippen molar-refractivity contribution < 1.29 is 9.53 Å². The van der Waals surface area contributed by atoms with Crippen molar-refractivity contribution in [3.8, 4) is 0 Å². The summed E-state index contributed by atoms with van der Waals surface area (Å²) in [5.74, 6) is 0.651. The smallest absolute Gasteiger partial charge is 0.309 e. The molecule has 3 atom stereocenters. The summed E-state index contributed by atoms with van der Waals surface area (Å²) >= 11 is 0. The molecule has 1 saturated heterocycles. The van der Waals surface area contributed by atoms with Crippen LogP contribution in [0.1, 0.15) is 53.9 Å². The Kier molecular flexibility index (Phi) is 5.84. The summed E-state index contributed by atoms with van der Waals surface area (Å²) < 4.78 is 4.86. The minimum absolute atomic E-state index is 0.0452. The topological polar surface area (TPSA) is 29.5 Å². The standard InChI is InChI=1S/C16H31NO2/c1-12(15(18)19-6)13(2)17-10-7-8-14(9-11-17)16(3,4)5/h12-14H,7-11H2,1-6H3. The lowest BCUT2D eigenvalue weighted by Crippen LogP contribution is -2.41. The summed E-state index contributed by atoms with van der Waals surface area (Å²) in [6.07, 6.45) is 3.78. The van der Waals surface area contributed by atoms with E-state index in [2.05, 4.69) is 32.6 Å². The van der Waals surface area contributed by atoms with Crippen molar-refractivity contribution in [3.05, 3.63) is 0 Å². The van der Waals surface area contributed by atoms with Crippen LogP contribution in [0.25, 0.3) is 0 Å². The fraction of sp³-hybridized carbons (Fsp3) is 0.938. The molecule has 3 unspecified atom stereocenters. The van der Waals surface area contributed by atoms with Crippen molar-refractivity contribution in [1.82, 2.24) is 4.90 Å². The van der Waals surface area contributed by atoms with Crippen LogP contribution in [0.3, 0.4) is 0 Å². The van der Waals surface area contributed by atoms with E-state index in [1.807, 2.05) is 6.92 Å². The van der Waals surface area contributed by atoms with Crippen LogP contribution >= 0.6 is 0 Å². The quantitative estimate of drug-likeness (QED) is 0.736. The first-order valence-electron chi connectivity index (χ1n) is 7.59. The summed E-state index contributed by atoms with van der Waals surface area (Å²) in [6.45, 7) is 13.4. The van der Waals surface area contributed by atoms with Gasteiger partial charge in [-0.15, -0.1) is 0 Å². The van der Waals surface area contributed by atoms with Crippen molar-refractivity contribution in [3.63, 3.8) is 0 Å². The Morgan fingerprint density at radius 3 is 2.37 bits per heavy atom. The van der Waals surface area contributed by atoms with Crippen molar-refractivity contribution in [2.75, 3.05) is 20.2 Å². The van der Waals surface area contributed by atoms with Crippen LogP contribution in [0, 0.1) is 17.3 Å². The number of hydrogen-bond donors (Lipinski definition) is 0. The van der Waals surface area contributed by atoms with Gasteiger partial charge in [0.1, 0.15) is 0 Å². The van der Waals surface area contributed by atoms with Crippen molar-refractivity contribution in [2.24, 2.45) is 17.3 Å². The van der Waals surface area contributed by atoms with Crippen LogP contribution < -0.4 is 0 Å². The van der Waals surface area contributed by atoms with Gasteiger partial charge in [-0.2, -0.15) is 0 Å². The molecule has 1 heterocycles. The molecule has 0 aromatic heterocycles. The molecule has 112 valence electrons. The molecule has 1 aliphatic heterocycles. The van der Waals surface area contributed by atoms with Crippen LogP contribution in [0.15, 0.2) is 0 Å². The second kappa shape index (κ2) is 6.74. The van der Waals surface area contributed by atoms with E-state index in [1.54, 1.807) is 0 Å². The Hall–Kier alpha value is -0.570. The second-order valence-electron chi connectivity index (χ2n) is 7.08. The summed E-state index contributed by atoms with van der Waals surface area (Å²) in [5.41, 5.74) is 0.396. The van der Waals surface area contributed by atoms with Gasteiger partial charge in [-0.25, -0.2) is 0 Å². The minimum atomic E-state index is -0.0934. The number of hydrogen-bond acceptors (Lipinski definition) is 3. The molecule has 1 rings (SSSR count). The van der Waals surface area contributed by atoms with E-state index < -0.39 is 0 Å². The molecule has 0 radical (unpaired) electrons. The average Bonchev–Trinajstić information content (AvgIpc) is 2.61. The number of carbonyl (C=O) groups excluding carboxylic acids is 1. The maximum absolute atomic E-state index is 11.7. The summed E-state index contributed by atoms with van der Waals surface area (Å²) in [7, 11) is 1.48. The van der Waals surface area contributed by atoms with Crippen LogP contribution in [0.2, 0.25) is 0 Å². The molecular weight excluding hydrogens is 238 g/mol. The molecule has 3 nitrogen and oxygen atoms in total. The molecule has 0 saturated carbocycles. The maximum atomic E-state index is 11.7. The van der Waals surface area contributed by atoms with Crippen LogP contribution in [0.5, 0.6) is 0 Å². The molecule has 0 N–H and O–H groups in total. The number of ether oxygens (including phenoxy) is 1. The lowest BCUT2D eigenvalue weighted by molar-refractivity contribution is -0.147. The van der Waals surface area contributed by atoms with Crippen molar-refractivity contribution in [1.29, 1.82) is 0 Å². The first-order chi connectivity index (χ1) is 8.77. The number of likely N-dealkylation sites (tertiary alicyclic amines) is 1. The molecule has 0 amide bonds. The van der Waals surface area contributed by atoms with Gasteiger partial charge in [-0.05, 0) is 50.6 Å². The third kappa shape index (κ3) is 4.48. The van der Waals surface area contributed by atoms with E-state index in [-0.39, 0.29) is 17.9 Å². The SMILES string of the molecule is COC(=O)C(C)C(C)N1CCCC(C(C)(C)C)CC1. The molecule has 1 fully saturated rings. The van der Waals surface area contributed by atoms with Gasteiger partial charge >= 0.3 is 5.97 Å². The summed E-state index contributed by atoms with van der Waals surface area (Å²) in [5, 5.41) is 0. The van der Waals surface area contributed by atoms with Gasteiger partial charge in [0.05, 0.1) is 13.0 Å². The predicted molar refractivity (Wildman–Crippen MR) is 79.0 cm³/mol. The molecule has 0 aromatic carbocycles. The third-order valence-corrected chi connectivity index (χ3v) is 4.86. The highest BCUT2D eigenvalue weighted by molar-refractivity contribution is 5.72. The fourth-order valence-electron chi connectivity index (χ4n) is 3.09. The second-order valence-corrected chi connectivity index (χ2v) is 7.08. The highest BCUT2D eigenvalue weighted by Gasteiger charge is 2.31. The van der Waals surface area contributed by atoms with Gasteiger partial charge in [0, 0.05) is 6.04 Å². The lowest BCUT2D eigenvalue weighted by atomic mass is 9.77. The molecule has 19 heavy (non-hydrogen) atoms. The molecule has 0 aliphatic carbocycles. The Bertz CT molecular complexity index is 296. The molecule has 0 spiro atoms. The third-order valence-electron chi connectivity index (χ3n) is 4.86. The maximum Gasteiger partial charge on any atom is 0.309 e. The monoisotopic (exact) mass is 269 g/mol. The van der Waals surface area contributed by atoms with E-state index in [4.69, 9.17) is 4.74 Å². The van der Waals surface area contributed by atoms with E-state index in [1.165, 1.54) is 26.4 Å². The zero-order chi connectivity index (χ0) is 14.6. The van der Waals surface area contributed by atoms with E-state index in [0.717, 1.165) is 19.0 Å². The van der Waals surface area contributed by atoms with Crippen molar-refractivity contribution in [2.45, 2.75) is 59.9 Å². The molecule has 3 heteroatoms. The predicted octanol–water partition coefficient (Wildman–Crippen LogP) is 3.33. The van der Waals surface area contributed by atoms with Gasteiger partial charge in [0.2, 0.25) is 0 Å². The first-order valence-corrected chi connectivity index (χ1v) is 7.59.